The number of nitrogens with zero attached hydrogens (tertiary/aromatic N) is 2. The van der Waals surface area contributed by atoms with Crippen molar-refractivity contribution >= 4 is 23.4 Å². The third-order valence-electron chi connectivity index (χ3n) is 2.57. The summed E-state index contributed by atoms with van der Waals surface area (Å²) in [5.74, 6) is -0.840. The summed E-state index contributed by atoms with van der Waals surface area (Å²) in [5.41, 5.74) is 11.5. The highest BCUT2D eigenvalue weighted by Crippen LogP contribution is 2.23. The number of anilines is 2. The molecule has 0 aliphatic rings. The predicted molar refractivity (Wildman–Crippen MR) is 71.7 cm³/mol. The minimum atomic E-state index is -0.542. The number of rotatable bonds is 5. The maximum absolute atomic E-state index is 11.8. The van der Waals surface area contributed by atoms with Crippen LogP contribution < -0.4 is 16.4 Å². The van der Waals surface area contributed by atoms with E-state index < -0.39 is 11.9 Å². The number of nitrogens with two attached hydrogens (primary N) is 2. The van der Waals surface area contributed by atoms with Gasteiger partial charge in [0.1, 0.15) is 5.82 Å². The Kier molecular flexibility index (Phi) is 4.68. The summed E-state index contributed by atoms with van der Waals surface area (Å²) in [6.45, 7) is 3.73. The molecule has 1 aromatic rings. The molecule has 0 radical (unpaired) electrons. The number of esters is 1. The second-order valence-corrected chi connectivity index (χ2v) is 4.31. The van der Waals surface area contributed by atoms with E-state index in [1.165, 1.54) is 19.4 Å². The normalized spacial score (nSPS) is 10.3. The molecule has 0 spiro atoms. The maximum atomic E-state index is 11.8. The van der Waals surface area contributed by atoms with Crippen molar-refractivity contribution in [1.29, 1.82) is 0 Å². The highest BCUT2D eigenvalue weighted by molar-refractivity contribution is 5.97. The summed E-state index contributed by atoms with van der Waals surface area (Å²) in [6.07, 6.45) is 1.44. The van der Waals surface area contributed by atoms with E-state index in [0.29, 0.717) is 5.69 Å². The molecule has 0 saturated heterocycles. The first-order valence-electron chi connectivity index (χ1n) is 5.75. The zero-order valence-electron chi connectivity index (χ0n) is 11.2. The molecule has 7 nitrogen and oxygen atoms in total. The summed E-state index contributed by atoms with van der Waals surface area (Å²) in [5, 5.41) is 0. The molecule has 0 aromatic carbocycles. The van der Waals surface area contributed by atoms with Crippen LogP contribution >= 0.6 is 0 Å². The molecule has 0 unspecified atom stereocenters. The number of amides is 1. The van der Waals surface area contributed by atoms with Gasteiger partial charge in [0.25, 0.3) is 0 Å². The zero-order valence-corrected chi connectivity index (χ0v) is 11.2. The Hall–Kier alpha value is -2.31. The number of methoxy groups -OCH3 is 1. The van der Waals surface area contributed by atoms with Gasteiger partial charge < -0.3 is 21.1 Å². The Balaban J connectivity index is 3.29. The molecule has 0 bridgehead atoms. The van der Waals surface area contributed by atoms with Crippen molar-refractivity contribution in [3.8, 4) is 0 Å². The highest BCUT2D eigenvalue weighted by atomic mass is 16.5. The van der Waals surface area contributed by atoms with E-state index in [1.54, 1.807) is 4.90 Å². The summed E-state index contributed by atoms with van der Waals surface area (Å²) < 4.78 is 4.70. The number of hydrogen-bond acceptors (Lipinski definition) is 6. The number of primary amides is 1. The van der Waals surface area contributed by atoms with Crippen LogP contribution in [0.5, 0.6) is 0 Å². The van der Waals surface area contributed by atoms with Gasteiger partial charge in [0, 0.05) is 6.04 Å². The predicted octanol–water partition coefficient (Wildman–Crippen LogP) is 0.151. The number of aromatic nitrogens is 1. The van der Waals surface area contributed by atoms with Crippen molar-refractivity contribution in [3.63, 3.8) is 0 Å². The fraction of sp³-hybridized carbons (Fsp3) is 0.417. The fourth-order valence-corrected chi connectivity index (χ4v) is 1.68. The topological polar surface area (TPSA) is 112 Å². The molecular weight excluding hydrogens is 248 g/mol. The van der Waals surface area contributed by atoms with Gasteiger partial charge in [-0.2, -0.15) is 0 Å². The molecule has 1 aromatic heterocycles. The van der Waals surface area contributed by atoms with Crippen LogP contribution in [-0.2, 0) is 9.53 Å². The van der Waals surface area contributed by atoms with Gasteiger partial charge in [-0.05, 0) is 19.9 Å². The van der Waals surface area contributed by atoms with Crippen molar-refractivity contribution in [3.05, 3.63) is 17.8 Å². The molecule has 0 aliphatic heterocycles. The Morgan fingerprint density at radius 1 is 1.47 bits per heavy atom. The summed E-state index contributed by atoms with van der Waals surface area (Å²) in [6, 6.07) is 1.37. The lowest BCUT2D eigenvalue weighted by Crippen LogP contribution is -2.39. The first kappa shape index (κ1) is 14.7. The maximum Gasteiger partial charge on any atom is 0.340 e. The second-order valence-electron chi connectivity index (χ2n) is 4.31. The molecule has 0 aliphatic carbocycles. The molecule has 1 heterocycles. The molecule has 104 valence electrons. The van der Waals surface area contributed by atoms with E-state index in [-0.39, 0.29) is 24.0 Å². The minimum Gasteiger partial charge on any atom is -0.465 e. The molecule has 0 fully saturated rings. The molecule has 1 amide bonds. The SMILES string of the molecule is COC(=O)c1cc(N)ncc1N(CC(N)=O)C(C)C. The van der Waals surface area contributed by atoms with E-state index >= 15 is 0 Å². The Labute approximate surface area is 111 Å². The molecular formula is C12H18N4O3. The van der Waals surface area contributed by atoms with Gasteiger partial charge in [-0.25, -0.2) is 9.78 Å². The van der Waals surface area contributed by atoms with Gasteiger partial charge in [0.15, 0.2) is 0 Å². The number of carbonyl (C=O) groups excluding carboxylic acids is 2. The van der Waals surface area contributed by atoms with Crippen LogP contribution in [0.1, 0.15) is 24.2 Å². The lowest BCUT2D eigenvalue weighted by molar-refractivity contribution is -0.116. The van der Waals surface area contributed by atoms with Crippen molar-refractivity contribution in [2.24, 2.45) is 5.73 Å². The van der Waals surface area contributed by atoms with Crippen molar-refractivity contribution in [1.82, 2.24) is 4.98 Å². The van der Waals surface area contributed by atoms with Crippen LogP contribution in [0.3, 0.4) is 0 Å². The Bertz CT molecular complexity index is 488. The number of pyridine rings is 1. The number of hydrogen-bond donors (Lipinski definition) is 2. The Morgan fingerprint density at radius 2 is 2.11 bits per heavy atom. The van der Waals surface area contributed by atoms with Crippen molar-refractivity contribution < 1.29 is 14.3 Å². The van der Waals surface area contributed by atoms with E-state index in [0.717, 1.165) is 0 Å². The fourth-order valence-electron chi connectivity index (χ4n) is 1.68. The molecule has 4 N–H and O–H groups in total. The number of ether oxygens (including phenoxy) is 1. The van der Waals surface area contributed by atoms with Crippen LogP contribution in [-0.4, -0.2) is 36.6 Å². The van der Waals surface area contributed by atoms with Gasteiger partial charge in [0.2, 0.25) is 5.91 Å². The molecule has 1 rings (SSSR count). The van der Waals surface area contributed by atoms with Crippen LogP contribution in [0.2, 0.25) is 0 Å². The van der Waals surface area contributed by atoms with E-state index in [2.05, 4.69) is 4.98 Å². The lowest BCUT2D eigenvalue weighted by Gasteiger charge is -2.28. The van der Waals surface area contributed by atoms with E-state index in [9.17, 15) is 9.59 Å². The van der Waals surface area contributed by atoms with Crippen LogP contribution in [0.4, 0.5) is 11.5 Å². The molecule has 19 heavy (non-hydrogen) atoms. The third kappa shape index (κ3) is 3.57. The van der Waals surface area contributed by atoms with Crippen molar-refractivity contribution in [2.75, 3.05) is 24.3 Å². The smallest absolute Gasteiger partial charge is 0.340 e. The third-order valence-corrected chi connectivity index (χ3v) is 2.57. The first-order valence-corrected chi connectivity index (χ1v) is 5.75. The second kappa shape index (κ2) is 6.03. The monoisotopic (exact) mass is 266 g/mol. The summed E-state index contributed by atoms with van der Waals surface area (Å²) in [7, 11) is 1.27. The van der Waals surface area contributed by atoms with E-state index in [1.807, 2.05) is 13.8 Å². The number of nitrogen functional groups attached to an aromatic ring is 1. The quantitative estimate of drug-likeness (QED) is 0.734. The van der Waals surface area contributed by atoms with Crippen LogP contribution in [0.25, 0.3) is 0 Å². The van der Waals surface area contributed by atoms with Gasteiger partial charge in [-0.15, -0.1) is 0 Å². The average molecular weight is 266 g/mol. The largest absolute Gasteiger partial charge is 0.465 e. The van der Waals surface area contributed by atoms with Crippen LogP contribution in [0, 0.1) is 0 Å². The number of carbonyl (C=O) groups is 2. The Morgan fingerprint density at radius 3 is 2.58 bits per heavy atom. The molecule has 0 atom stereocenters. The first-order chi connectivity index (χ1) is 8.86. The highest BCUT2D eigenvalue weighted by Gasteiger charge is 2.21. The zero-order chi connectivity index (χ0) is 14.6. The standard InChI is InChI=1S/C12H18N4O3/c1-7(2)16(6-11(14)17)9-5-15-10(13)4-8(9)12(18)19-3/h4-5,7H,6H2,1-3H3,(H2,13,15)(H2,14,17). The average Bonchev–Trinajstić information content (AvgIpc) is 2.34. The summed E-state index contributed by atoms with van der Waals surface area (Å²) in [4.78, 5) is 28.5. The van der Waals surface area contributed by atoms with Gasteiger partial charge in [-0.1, -0.05) is 0 Å². The van der Waals surface area contributed by atoms with Crippen LogP contribution in [0.15, 0.2) is 12.3 Å². The van der Waals surface area contributed by atoms with E-state index in [4.69, 9.17) is 16.2 Å². The van der Waals surface area contributed by atoms with Gasteiger partial charge >= 0.3 is 5.97 Å². The van der Waals surface area contributed by atoms with Gasteiger partial charge in [0.05, 0.1) is 31.1 Å². The molecule has 7 heteroatoms. The van der Waals surface area contributed by atoms with Gasteiger partial charge in [-0.3, -0.25) is 4.79 Å². The minimum absolute atomic E-state index is 0.0206. The van der Waals surface area contributed by atoms with Crippen molar-refractivity contribution in [2.45, 2.75) is 19.9 Å². The molecule has 0 saturated carbocycles. The lowest BCUT2D eigenvalue weighted by atomic mass is 10.1. The summed E-state index contributed by atoms with van der Waals surface area (Å²) >= 11 is 0.